The minimum Gasteiger partial charge on any atom is -0.469 e. The highest BCUT2D eigenvalue weighted by molar-refractivity contribution is 5.69. The summed E-state index contributed by atoms with van der Waals surface area (Å²) in [7, 11) is 1.37. The van der Waals surface area contributed by atoms with Gasteiger partial charge in [0.05, 0.1) is 7.11 Å². The molecule has 0 N–H and O–H groups in total. The third-order valence-electron chi connectivity index (χ3n) is 2.16. The van der Waals surface area contributed by atoms with Crippen molar-refractivity contribution in [3.63, 3.8) is 0 Å². The number of hydrogen-bond donors (Lipinski definition) is 0. The molecule has 1 rings (SSSR count). The van der Waals surface area contributed by atoms with E-state index in [1.165, 1.54) is 7.11 Å². The average Bonchev–Trinajstić information content (AvgIpc) is 2.35. The van der Waals surface area contributed by atoms with Crippen LogP contribution < -0.4 is 0 Å². The summed E-state index contributed by atoms with van der Waals surface area (Å²) in [5.41, 5.74) is 0. The second-order valence-electron chi connectivity index (χ2n) is 3.06. The maximum Gasteiger partial charge on any atom is 0.305 e. The minimum atomic E-state index is -0.690. The molecular formula is C8H13FO2. The van der Waals surface area contributed by atoms with E-state index in [1.54, 1.807) is 0 Å². The van der Waals surface area contributed by atoms with Crippen LogP contribution in [0.2, 0.25) is 0 Å². The normalized spacial score (nSPS) is 30.4. The lowest BCUT2D eigenvalue weighted by atomic mass is 10.0. The zero-order valence-electron chi connectivity index (χ0n) is 6.68. The Kier molecular flexibility index (Phi) is 2.85. The molecule has 0 aliphatic heterocycles. The van der Waals surface area contributed by atoms with E-state index >= 15 is 0 Å². The molecule has 3 heteroatoms. The van der Waals surface area contributed by atoms with Gasteiger partial charge in [0.15, 0.2) is 0 Å². The Hall–Kier alpha value is -0.600. The molecule has 0 amide bonds. The number of ether oxygens (including phenoxy) is 1. The number of methoxy groups -OCH3 is 1. The number of rotatable bonds is 2. The van der Waals surface area contributed by atoms with Crippen LogP contribution in [0.25, 0.3) is 0 Å². The van der Waals surface area contributed by atoms with Crippen molar-refractivity contribution < 1.29 is 13.9 Å². The van der Waals surface area contributed by atoms with Crippen molar-refractivity contribution in [2.24, 2.45) is 5.92 Å². The standard InChI is InChI=1S/C8H13FO2/c1-11-8(10)5-6-2-3-7(9)4-6/h6-7H,2-5H2,1H3/t6-,7-/m0/s1. The van der Waals surface area contributed by atoms with Crippen molar-refractivity contribution in [3.8, 4) is 0 Å². The van der Waals surface area contributed by atoms with Crippen molar-refractivity contribution >= 4 is 5.97 Å². The monoisotopic (exact) mass is 160 g/mol. The zero-order chi connectivity index (χ0) is 8.27. The highest BCUT2D eigenvalue weighted by Crippen LogP contribution is 2.30. The number of esters is 1. The van der Waals surface area contributed by atoms with Crippen LogP contribution in [-0.4, -0.2) is 19.3 Å². The van der Waals surface area contributed by atoms with Gasteiger partial charge in [0.1, 0.15) is 6.17 Å². The third kappa shape index (κ3) is 2.48. The molecule has 11 heavy (non-hydrogen) atoms. The van der Waals surface area contributed by atoms with Crippen molar-refractivity contribution in [3.05, 3.63) is 0 Å². The first-order chi connectivity index (χ1) is 5.22. The van der Waals surface area contributed by atoms with E-state index in [0.717, 1.165) is 6.42 Å². The molecule has 1 saturated carbocycles. The van der Waals surface area contributed by atoms with Gasteiger partial charge >= 0.3 is 5.97 Å². The Morgan fingerprint density at radius 2 is 2.36 bits per heavy atom. The van der Waals surface area contributed by atoms with Gasteiger partial charge in [0, 0.05) is 6.42 Å². The lowest BCUT2D eigenvalue weighted by Gasteiger charge is -2.05. The molecule has 0 saturated heterocycles. The van der Waals surface area contributed by atoms with E-state index in [0.29, 0.717) is 19.3 Å². The summed E-state index contributed by atoms with van der Waals surface area (Å²) in [5, 5.41) is 0. The molecule has 64 valence electrons. The van der Waals surface area contributed by atoms with E-state index in [1.807, 2.05) is 0 Å². The van der Waals surface area contributed by atoms with E-state index in [4.69, 9.17) is 0 Å². The maximum atomic E-state index is 12.6. The Morgan fingerprint density at radius 3 is 2.82 bits per heavy atom. The molecule has 0 unspecified atom stereocenters. The third-order valence-corrected chi connectivity index (χ3v) is 2.16. The second-order valence-corrected chi connectivity index (χ2v) is 3.06. The molecule has 0 aromatic rings. The van der Waals surface area contributed by atoms with Gasteiger partial charge in [-0.15, -0.1) is 0 Å². The Morgan fingerprint density at radius 1 is 1.64 bits per heavy atom. The molecule has 0 bridgehead atoms. The maximum absolute atomic E-state index is 12.6. The molecule has 1 aliphatic carbocycles. The molecular weight excluding hydrogens is 147 g/mol. The zero-order valence-corrected chi connectivity index (χ0v) is 6.68. The molecule has 0 heterocycles. The summed E-state index contributed by atoms with van der Waals surface area (Å²) >= 11 is 0. The molecule has 0 spiro atoms. The lowest BCUT2D eigenvalue weighted by molar-refractivity contribution is -0.141. The van der Waals surface area contributed by atoms with Crippen molar-refractivity contribution in [2.45, 2.75) is 31.9 Å². The molecule has 0 aromatic carbocycles. The van der Waals surface area contributed by atoms with Gasteiger partial charge < -0.3 is 4.74 Å². The Balaban J connectivity index is 2.23. The summed E-state index contributed by atoms with van der Waals surface area (Å²) in [6.07, 6.45) is 1.67. The van der Waals surface area contributed by atoms with Crippen LogP contribution in [0.4, 0.5) is 4.39 Å². The summed E-state index contributed by atoms with van der Waals surface area (Å²) in [6, 6.07) is 0. The van der Waals surface area contributed by atoms with Crippen LogP contribution in [0, 0.1) is 5.92 Å². The molecule has 0 radical (unpaired) electrons. The summed E-state index contributed by atoms with van der Waals surface area (Å²) in [6.45, 7) is 0. The smallest absolute Gasteiger partial charge is 0.305 e. The van der Waals surface area contributed by atoms with Gasteiger partial charge in [0.2, 0.25) is 0 Å². The lowest BCUT2D eigenvalue weighted by Crippen LogP contribution is -2.07. The minimum absolute atomic E-state index is 0.218. The van der Waals surface area contributed by atoms with Crippen LogP contribution in [0.5, 0.6) is 0 Å². The van der Waals surface area contributed by atoms with Crippen LogP contribution in [0.1, 0.15) is 25.7 Å². The van der Waals surface area contributed by atoms with Gasteiger partial charge in [-0.3, -0.25) is 4.79 Å². The molecule has 0 aromatic heterocycles. The Bertz CT molecular complexity index is 147. The number of halogens is 1. The predicted octanol–water partition coefficient (Wildman–Crippen LogP) is 1.69. The summed E-state index contributed by atoms with van der Waals surface area (Å²) in [5.74, 6) is 0.00144. The van der Waals surface area contributed by atoms with Gasteiger partial charge in [0.25, 0.3) is 0 Å². The van der Waals surface area contributed by atoms with E-state index in [2.05, 4.69) is 4.74 Å². The average molecular weight is 160 g/mol. The first-order valence-electron chi connectivity index (χ1n) is 3.93. The highest BCUT2D eigenvalue weighted by Gasteiger charge is 2.26. The SMILES string of the molecule is COC(=O)C[C@H]1CC[C@H](F)C1. The second kappa shape index (κ2) is 3.69. The topological polar surface area (TPSA) is 26.3 Å². The molecule has 1 fully saturated rings. The van der Waals surface area contributed by atoms with Crippen molar-refractivity contribution in [1.29, 1.82) is 0 Å². The fraction of sp³-hybridized carbons (Fsp3) is 0.875. The van der Waals surface area contributed by atoms with Crippen molar-refractivity contribution in [2.75, 3.05) is 7.11 Å². The van der Waals surface area contributed by atoms with Crippen molar-refractivity contribution in [1.82, 2.24) is 0 Å². The van der Waals surface area contributed by atoms with E-state index in [-0.39, 0.29) is 11.9 Å². The van der Waals surface area contributed by atoms with Gasteiger partial charge in [-0.25, -0.2) is 4.39 Å². The van der Waals surface area contributed by atoms with Crippen LogP contribution >= 0.6 is 0 Å². The van der Waals surface area contributed by atoms with Crippen LogP contribution in [0.3, 0.4) is 0 Å². The fourth-order valence-corrected chi connectivity index (χ4v) is 1.52. The fourth-order valence-electron chi connectivity index (χ4n) is 1.52. The van der Waals surface area contributed by atoms with E-state index < -0.39 is 6.17 Å². The number of hydrogen-bond acceptors (Lipinski definition) is 2. The van der Waals surface area contributed by atoms with Gasteiger partial charge in [-0.1, -0.05) is 0 Å². The van der Waals surface area contributed by atoms with Gasteiger partial charge in [-0.05, 0) is 25.2 Å². The van der Waals surface area contributed by atoms with Crippen LogP contribution in [-0.2, 0) is 9.53 Å². The number of carbonyl (C=O) groups excluding carboxylic acids is 1. The first-order valence-corrected chi connectivity index (χ1v) is 3.93. The van der Waals surface area contributed by atoms with Gasteiger partial charge in [-0.2, -0.15) is 0 Å². The molecule has 1 aliphatic rings. The summed E-state index contributed by atoms with van der Waals surface area (Å²) in [4.78, 5) is 10.7. The number of carbonyl (C=O) groups is 1. The summed E-state index contributed by atoms with van der Waals surface area (Å²) < 4.78 is 17.1. The Labute approximate surface area is 65.7 Å². The van der Waals surface area contributed by atoms with Crippen LogP contribution in [0.15, 0.2) is 0 Å². The quantitative estimate of drug-likeness (QED) is 0.574. The molecule has 2 atom stereocenters. The first kappa shape index (κ1) is 8.50. The largest absolute Gasteiger partial charge is 0.469 e. The molecule has 2 nitrogen and oxygen atoms in total. The number of alkyl halides is 1. The van der Waals surface area contributed by atoms with E-state index in [9.17, 15) is 9.18 Å². The predicted molar refractivity (Wildman–Crippen MR) is 38.9 cm³/mol. The highest BCUT2D eigenvalue weighted by atomic mass is 19.1.